The fourth-order valence-electron chi connectivity index (χ4n) is 4.99. The van der Waals surface area contributed by atoms with Gasteiger partial charge in [0.2, 0.25) is 6.79 Å². The Morgan fingerprint density at radius 1 is 1.10 bits per heavy atom. The predicted octanol–water partition coefficient (Wildman–Crippen LogP) is 3.85. The van der Waals surface area contributed by atoms with Crippen LogP contribution in [0.1, 0.15) is 53.1 Å². The Morgan fingerprint density at radius 3 is 2.77 bits per heavy atom. The van der Waals surface area contributed by atoms with E-state index >= 15 is 0 Å². The summed E-state index contributed by atoms with van der Waals surface area (Å²) in [4.78, 5) is 12.4. The highest BCUT2D eigenvalue weighted by Crippen LogP contribution is 2.40. The lowest BCUT2D eigenvalue weighted by Crippen LogP contribution is -2.16. The van der Waals surface area contributed by atoms with Crippen molar-refractivity contribution in [1.29, 1.82) is 0 Å². The molecule has 3 heterocycles. The van der Waals surface area contributed by atoms with Gasteiger partial charge in [-0.2, -0.15) is 5.10 Å². The van der Waals surface area contributed by atoms with E-state index in [4.69, 9.17) is 13.9 Å². The van der Waals surface area contributed by atoms with Crippen LogP contribution in [0.5, 0.6) is 17.2 Å². The number of phenols is 1. The number of ether oxygens (including phenoxy) is 2. The molecule has 2 aliphatic heterocycles. The predicted molar refractivity (Wildman–Crippen MR) is 115 cm³/mol. The molecule has 0 radical (unpaired) electrons. The number of rotatable bonds is 2. The summed E-state index contributed by atoms with van der Waals surface area (Å²) in [5, 5.41) is 16.5. The summed E-state index contributed by atoms with van der Waals surface area (Å²) in [5.41, 5.74) is 8.36. The second kappa shape index (κ2) is 6.77. The van der Waals surface area contributed by atoms with E-state index in [1.54, 1.807) is 0 Å². The molecule has 31 heavy (non-hydrogen) atoms. The normalized spacial score (nSPS) is 19.3. The third kappa shape index (κ3) is 2.80. The summed E-state index contributed by atoms with van der Waals surface area (Å²) in [6, 6.07) is 7.70. The summed E-state index contributed by atoms with van der Waals surface area (Å²) < 4.78 is 16.5. The van der Waals surface area contributed by atoms with Crippen molar-refractivity contribution in [2.45, 2.75) is 45.1 Å². The molecule has 0 unspecified atom stereocenters. The Morgan fingerprint density at radius 2 is 1.90 bits per heavy atom. The van der Waals surface area contributed by atoms with Crippen LogP contribution in [0.25, 0.3) is 11.0 Å². The van der Waals surface area contributed by atoms with Gasteiger partial charge in [-0.15, -0.1) is 0 Å². The van der Waals surface area contributed by atoms with E-state index in [0.29, 0.717) is 34.9 Å². The number of nitrogens with one attached hydrogen (secondary N) is 1. The quantitative estimate of drug-likeness (QED) is 0.614. The van der Waals surface area contributed by atoms with Gasteiger partial charge in [0.25, 0.3) is 0 Å². The van der Waals surface area contributed by atoms with Gasteiger partial charge in [0, 0.05) is 17.5 Å². The molecule has 158 valence electrons. The summed E-state index contributed by atoms with van der Waals surface area (Å²) in [6.07, 6.45) is 4.07. The molecular weight excluding hydrogens is 396 g/mol. The number of aryl methyl sites for hydroxylation is 2. The number of nitrogens with zero attached hydrogens (tertiary/aromatic N) is 1. The Bertz CT molecular complexity index is 1320. The van der Waals surface area contributed by atoms with E-state index in [9.17, 15) is 9.90 Å². The zero-order chi connectivity index (χ0) is 21.1. The highest BCUT2D eigenvalue weighted by atomic mass is 16.7. The van der Waals surface area contributed by atoms with Gasteiger partial charge in [-0.25, -0.2) is 4.79 Å². The molecule has 2 aromatic carbocycles. The Kier molecular flexibility index (Phi) is 4.00. The van der Waals surface area contributed by atoms with Crippen molar-refractivity contribution in [3.8, 4) is 17.2 Å². The fourth-order valence-corrected chi connectivity index (χ4v) is 4.99. The fraction of sp³-hybridized carbons (Fsp3) is 0.333. The number of benzene rings is 2. The molecule has 7 heteroatoms. The molecule has 1 atom stereocenters. The summed E-state index contributed by atoms with van der Waals surface area (Å²) >= 11 is 0. The maximum absolute atomic E-state index is 12.4. The van der Waals surface area contributed by atoms with Crippen molar-refractivity contribution in [2.24, 2.45) is 5.10 Å². The van der Waals surface area contributed by atoms with Crippen molar-refractivity contribution in [3.05, 3.63) is 62.5 Å². The van der Waals surface area contributed by atoms with E-state index < -0.39 is 0 Å². The van der Waals surface area contributed by atoms with Crippen molar-refractivity contribution < 1.29 is 19.0 Å². The lowest BCUT2D eigenvalue weighted by atomic mass is 9.87. The highest BCUT2D eigenvalue weighted by Gasteiger charge is 2.29. The third-order valence-electron chi connectivity index (χ3n) is 6.52. The van der Waals surface area contributed by atoms with Crippen LogP contribution in [0, 0.1) is 6.92 Å². The number of hydrogen-bond donors (Lipinski definition) is 2. The van der Waals surface area contributed by atoms with Gasteiger partial charge in [-0.1, -0.05) is 6.07 Å². The maximum atomic E-state index is 12.4. The number of phenolic OH excluding ortho intramolecular Hbond substituents is 1. The van der Waals surface area contributed by atoms with Gasteiger partial charge < -0.3 is 24.4 Å². The van der Waals surface area contributed by atoms with Crippen LogP contribution in [0.15, 0.2) is 38.6 Å². The van der Waals surface area contributed by atoms with Gasteiger partial charge in [-0.3, -0.25) is 0 Å². The number of hydrogen-bond acceptors (Lipinski definition) is 7. The molecule has 0 saturated heterocycles. The minimum atomic E-state index is -0.281. The van der Waals surface area contributed by atoms with E-state index in [1.165, 1.54) is 0 Å². The molecule has 1 aromatic heterocycles. The molecule has 0 fully saturated rings. The van der Waals surface area contributed by atoms with Crippen LogP contribution in [-0.2, 0) is 12.8 Å². The first kappa shape index (κ1) is 18.3. The second-order valence-electron chi connectivity index (χ2n) is 8.40. The first-order valence-electron chi connectivity index (χ1n) is 10.6. The monoisotopic (exact) mass is 418 g/mol. The largest absolute Gasteiger partial charge is 0.506 e. The lowest BCUT2D eigenvalue weighted by Gasteiger charge is -2.19. The standard InChI is InChI=1S/C24H22N2O5/c1-12-8-20-22(14-4-2-3-5-15(14)24(28)31-20)23(27)21(12)17-10-16(25-26-17)13-6-7-18-19(9-13)30-11-29-18/h6-9,16,25,27H,2-5,10-11H2,1H3/t16-/m1/s1. The van der Waals surface area contributed by atoms with Crippen LogP contribution in [-0.4, -0.2) is 17.6 Å². The molecule has 0 bridgehead atoms. The summed E-state index contributed by atoms with van der Waals surface area (Å²) in [7, 11) is 0. The molecular formula is C24H22N2O5. The molecule has 1 aliphatic carbocycles. The maximum Gasteiger partial charge on any atom is 0.339 e. The summed E-state index contributed by atoms with van der Waals surface area (Å²) in [6.45, 7) is 2.15. The zero-order valence-electron chi connectivity index (χ0n) is 17.2. The molecule has 3 aromatic rings. The van der Waals surface area contributed by atoms with Crippen molar-refractivity contribution in [3.63, 3.8) is 0 Å². The second-order valence-corrected chi connectivity index (χ2v) is 8.40. The molecule has 0 saturated carbocycles. The molecule has 6 rings (SSSR count). The van der Waals surface area contributed by atoms with E-state index in [1.807, 2.05) is 31.2 Å². The third-order valence-corrected chi connectivity index (χ3v) is 6.52. The molecule has 0 amide bonds. The lowest BCUT2D eigenvalue weighted by molar-refractivity contribution is 0.174. The molecule has 2 N–H and O–H groups in total. The van der Waals surface area contributed by atoms with Crippen LogP contribution in [0.3, 0.4) is 0 Å². The van der Waals surface area contributed by atoms with Crippen molar-refractivity contribution in [1.82, 2.24) is 5.43 Å². The van der Waals surface area contributed by atoms with Gasteiger partial charge >= 0.3 is 5.63 Å². The molecule has 7 nitrogen and oxygen atoms in total. The first-order valence-corrected chi connectivity index (χ1v) is 10.6. The topological polar surface area (TPSA) is 93.3 Å². The molecule has 0 spiro atoms. The average Bonchev–Trinajstić information content (AvgIpc) is 3.43. The van der Waals surface area contributed by atoms with Gasteiger partial charge in [0.15, 0.2) is 11.5 Å². The van der Waals surface area contributed by atoms with E-state index in [0.717, 1.165) is 53.2 Å². The summed E-state index contributed by atoms with van der Waals surface area (Å²) in [5.74, 6) is 1.64. The van der Waals surface area contributed by atoms with Gasteiger partial charge in [0.05, 0.1) is 17.1 Å². The molecule has 3 aliphatic rings. The van der Waals surface area contributed by atoms with Crippen LogP contribution >= 0.6 is 0 Å². The number of aromatic hydroxyl groups is 1. The minimum Gasteiger partial charge on any atom is -0.506 e. The van der Waals surface area contributed by atoms with Crippen molar-refractivity contribution in [2.75, 3.05) is 6.79 Å². The SMILES string of the molecule is Cc1cc2oc(=O)c3c(c2c(O)c1C1=NN[C@@H](c2ccc4c(c2)OCO4)C1)CCCC3. The van der Waals surface area contributed by atoms with Crippen LogP contribution < -0.4 is 20.5 Å². The Labute approximate surface area is 178 Å². The average molecular weight is 418 g/mol. The van der Waals surface area contributed by atoms with Gasteiger partial charge in [-0.05, 0) is 67.5 Å². The first-order chi connectivity index (χ1) is 15.1. The van der Waals surface area contributed by atoms with Gasteiger partial charge in [0.1, 0.15) is 11.3 Å². The Hall–Kier alpha value is -3.48. The highest BCUT2D eigenvalue weighted by molar-refractivity contribution is 6.09. The number of hydrazone groups is 1. The van der Waals surface area contributed by atoms with Crippen LogP contribution in [0.2, 0.25) is 0 Å². The van der Waals surface area contributed by atoms with Crippen LogP contribution in [0.4, 0.5) is 0 Å². The minimum absolute atomic E-state index is 0.0263. The van der Waals surface area contributed by atoms with E-state index in [2.05, 4.69) is 10.5 Å². The van der Waals surface area contributed by atoms with Crippen molar-refractivity contribution >= 4 is 16.7 Å². The van der Waals surface area contributed by atoms with E-state index in [-0.39, 0.29) is 24.2 Å². The Balaban J connectivity index is 1.41. The number of fused-ring (bicyclic) bond motifs is 4. The smallest absolute Gasteiger partial charge is 0.339 e. The zero-order valence-corrected chi connectivity index (χ0v) is 17.2.